The highest BCUT2D eigenvalue weighted by Gasteiger charge is 2.33. The van der Waals surface area contributed by atoms with Gasteiger partial charge in [0.2, 0.25) is 0 Å². The number of anilines is 2. The Hall–Kier alpha value is -2.24. The molecular formula is C21H22FIN4O3. The van der Waals surface area contributed by atoms with Gasteiger partial charge in [-0.3, -0.25) is 4.79 Å². The van der Waals surface area contributed by atoms with Gasteiger partial charge in [-0.15, -0.1) is 0 Å². The normalized spacial score (nSPS) is 18.0. The van der Waals surface area contributed by atoms with E-state index < -0.39 is 11.6 Å². The van der Waals surface area contributed by atoms with Gasteiger partial charge in [0, 0.05) is 28.7 Å². The molecule has 1 saturated heterocycles. The van der Waals surface area contributed by atoms with Crippen LogP contribution >= 0.6 is 22.6 Å². The lowest BCUT2D eigenvalue weighted by Gasteiger charge is -2.17. The number of nitrogens with zero attached hydrogens (tertiary/aromatic N) is 2. The average Bonchev–Trinajstić information content (AvgIpc) is 3.19. The van der Waals surface area contributed by atoms with Crippen LogP contribution in [0.5, 0.6) is 0 Å². The zero-order valence-electron chi connectivity index (χ0n) is 16.8. The van der Waals surface area contributed by atoms with Crippen molar-refractivity contribution in [2.45, 2.75) is 25.7 Å². The molecular weight excluding hydrogens is 502 g/mol. The first-order valence-electron chi connectivity index (χ1n) is 9.50. The maximum absolute atomic E-state index is 14.5. The minimum absolute atomic E-state index is 0.234. The minimum Gasteiger partial charge on any atom is -0.349 e. The second kappa shape index (κ2) is 8.12. The second-order valence-corrected chi connectivity index (χ2v) is 8.81. The zero-order chi connectivity index (χ0) is 21.5. The Morgan fingerprint density at radius 3 is 2.90 bits per heavy atom. The van der Waals surface area contributed by atoms with Gasteiger partial charge < -0.3 is 24.7 Å². The summed E-state index contributed by atoms with van der Waals surface area (Å²) in [4.78, 5) is 17.5. The van der Waals surface area contributed by atoms with E-state index in [1.807, 2.05) is 19.9 Å². The summed E-state index contributed by atoms with van der Waals surface area (Å²) >= 11 is 2.05. The molecule has 30 heavy (non-hydrogen) atoms. The van der Waals surface area contributed by atoms with Crippen molar-refractivity contribution < 1.29 is 18.7 Å². The van der Waals surface area contributed by atoms with Crippen molar-refractivity contribution in [2.24, 2.45) is 7.05 Å². The molecule has 1 fully saturated rings. The predicted molar refractivity (Wildman–Crippen MR) is 120 cm³/mol. The number of rotatable bonds is 5. The van der Waals surface area contributed by atoms with Gasteiger partial charge in [0.1, 0.15) is 23.4 Å². The number of aromatic nitrogens is 2. The molecule has 1 unspecified atom stereocenters. The number of halogens is 2. The number of pyridine rings is 1. The van der Waals surface area contributed by atoms with Crippen LogP contribution < -0.4 is 10.6 Å². The monoisotopic (exact) mass is 524 g/mol. The maximum atomic E-state index is 14.5. The van der Waals surface area contributed by atoms with Crippen LogP contribution in [-0.4, -0.2) is 40.5 Å². The standard InChI is InChI=1S/C21H22FIN4O3/c1-21(2)29-11-13(30-21)10-25-20(28)17-14-5-4-8-24-18(14)27(3)19(17)26-16-7-6-12(23)9-15(16)22/h4-9,13,26H,10-11H2,1-3H3,(H,25,28). The molecule has 2 aromatic heterocycles. The Morgan fingerprint density at radius 2 is 2.20 bits per heavy atom. The van der Waals surface area contributed by atoms with Crippen LogP contribution in [0.25, 0.3) is 11.0 Å². The molecule has 1 aliphatic heterocycles. The number of carbonyl (C=O) groups is 1. The molecule has 0 spiro atoms. The molecule has 1 aliphatic rings. The lowest BCUT2D eigenvalue weighted by molar-refractivity contribution is -0.137. The third-order valence-corrected chi connectivity index (χ3v) is 5.59. The minimum atomic E-state index is -0.659. The number of ether oxygens (including phenoxy) is 2. The van der Waals surface area contributed by atoms with Crippen LogP contribution in [0.4, 0.5) is 15.9 Å². The van der Waals surface area contributed by atoms with E-state index in [0.717, 1.165) is 3.57 Å². The maximum Gasteiger partial charge on any atom is 0.255 e. The van der Waals surface area contributed by atoms with Crippen LogP contribution in [0.3, 0.4) is 0 Å². The summed E-state index contributed by atoms with van der Waals surface area (Å²) in [7, 11) is 1.79. The molecule has 3 heterocycles. The highest BCUT2D eigenvalue weighted by Crippen LogP contribution is 2.32. The van der Waals surface area contributed by atoms with Gasteiger partial charge in [-0.1, -0.05) is 0 Å². The number of hydrogen-bond donors (Lipinski definition) is 2. The lowest BCUT2D eigenvalue weighted by Crippen LogP contribution is -2.34. The van der Waals surface area contributed by atoms with Crippen molar-refractivity contribution in [3.63, 3.8) is 0 Å². The first-order valence-corrected chi connectivity index (χ1v) is 10.6. The summed E-state index contributed by atoms with van der Waals surface area (Å²) < 4.78 is 28.3. The molecule has 1 amide bonds. The van der Waals surface area contributed by atoms with Gasteiger partial charge in [-0.05, 0) is 66.8 Å². The molecule has 158 valence electrons. The number of hydrogen-bond acceptors (Lipinski definition) is 5. The van der Waals surface area contributed by atoms with Crippen molar-refractivity contribution in [3.05, 3.63) is 51.5 Å². The van der Waals surface area contributed by atoms with E-state index in [1.165, 1.54) is 6.07 Å². The van der Waals surface area contributed by atoms with Crippen molar-refractivity contribution in [3.8, 4) is 0 Å². The Morgan fingerprint density at radius 1 is 1.40 bits per heavy atom. The zero-order valence-corrected chi connectivity index (χ0v) is 19.0. The van der Waals surface area contributed by atoms with Gasteiger partial charge >= 0.3 is 0 Å². The van der Waals surface area contributed by atoms with Crippen LogP contribution in [0, 0.1) is 9.39 Å². The van der Waals surface area contributed by atoms with Gasteiger partial charge in [0.25, 0.3) is 5.91 Å². The van der Waals surface area contributed by atoms with E-state index in [1.54, 1.807) is 36.0 Å². The van der Waals surface area contributed by atoms with E-state index in [2.05, 4.69) is 38.2 Å². The molecule has 0 saturated carbocycles. The Kier molecular flexibility index (Phi) is 5.69. The topological polar surface area (TPSA) is 77.4 Å². The molecule has 3 aromatic rings. The Bertz CT molecular complexity index is 1120. The van der Waals surface area contributed by atoms with Crippen molar-refractivity contribution in [1.82, 2.24) is 14.9 Å². The molecule has 0 bridgehead atoms. The average molecular weight is 524 g/mol. The Balaban J connectivity index is 1.66. The largest absolute Gasteiger partial charge is 0.349 e. The van der Waals surface area contributed by atoms with E-state index in [-0.39, 0.29) is 17.7 Å². The van der Waals surface area contributed by atoms with Crippen LogP contribution in [0.15, 0.2) is 36.5 Å². The number of amides is 1. The summed E-state index contributed by atoms with van der Waals surface area (Å²) in [5, 5.41) is 6.67. The fourth-order valence-electron chi connectivity index (χ4n) is 3.51. The van der Waals surface area contributed by atoms with E-state index in [9.17, 15) is 9.18 Å². The first kappa shape index (κ1) is 21.0. The predicted octanol–water partition coefficient (Wildman–Crippen LogP) is 3.94. The summed E-state index contributed by atoms with van der Waals surface area (Å²) in [6, 6.07) is 8.47. The molecule has 4 rings (SSSR count). The number of fused-ring (bicyclic) bond motifs is 1. The molecule has 2 N–H and O–H groups in total. The summed E-state index contributed by atoms with van der Waals surface area (Å²) in [6.45, 7) is 4.38. The van der Waals surface area contributed by atoms with Gasteiger partial charge in [-0.25, -0.2) is 9.37 Å². The van der Waals surface area contributed by atoms with E-state index in [4.69, 9.17) is 9.47 Å². The van der Waals surface area contributed by atoms with E-state index in [0.29, 0.717) is 35.6 Å². The van der Waals surface area contributed by atoms with Gasteiger partial charge in [0.15, 0.2) is 5.79 Å². The molecule has 1 aromatic carbocycles. The van der Waals surface area contributed by atoms with Crippen molar-refractivity contribution in [1.29, 1.82) is 0 Å². The molecule has 9 heteroatoms. The fourth-order valence-corrected chi connectivity index (χ4v) is 3.97. The quantitative estimate of drug-likeness (QED) is 0.495. The number of aryl methyl sites for hydroxylation is 1. The van der Waals surface area contributed by atoms with Crippen LogP contribution in [0.1, 0.15) is 24.2 Å². The highest BCUT2D eigenvalue weighted by atomic mass is 127. The Labute approximate surface area is 187 Å². The summed E-state index contributed by atoms with van der Waals surface area (Å²) in [6.07, 6.45) is 1.42. The fraction of sp³-hybridized carbons (Fsp3) is 0.333. The lowest BCUT2D eigenvalue weighted by atomic mass is 10.2. The van der Waals surface area contributed by atoms with Gasteiger partial charge in [0.05, 0.1) is 17.9 Å². The smallest absolute Gasteiger partial charge is 0.255 e. The first-order chi connectivity index (χ1) is 14.2. The van der Waals surface area contributed by atoms with E-state index >= 15 is 0 Å². The third-order valence-electron chi connectivity index (χ3n) is 4.91. The SMILES string of the molecule is Cn1c(Nc2ccc(I)cc2F)c(C(=O)NCC2COC(C)(C)O2)c2cccnc21. The number of nitrogens with one attached hydrogen (secondary N) is 2. The van der Waals surface area contributed by atoms with Crippen LogP contribution in [-0.2, 0) is 16.5 Å². The second-order valence-electron chi connectivity index (χ2n) is 7.57. The highest BCUT2D eigenvalue weighted by molar-refractivity contribution is 14.1. The van der Waals surface area contributed by atoms with Crippen LogP contribution in [0.2, 0.25) is 0 Å². The molecule has 0 radical (unpaired) electrons. The number of benzene rings is 1. The third kappa shape index (κ3) is 4.14. The summed E-state index contributed by atoms with van der Waals surface area (Å²) in [5.74, 6) is -0.890. The van der Waals surface area contributed by atoms with Crippen molar-refractivity contribution >= 4 is 51.0 Å². The number of carbonyl (C=O) groups excluding carboxylic acids is 1. The molecule has 7 nitrogen and oxygen atoms in total. The molecule has 1 atom stereocenters. The summed E-state index contributed by atoms with van der Waals surface area (Å²) in [5.41, 5.74) is 1.30. The van der Waals surface area contributed by atoms with Crippen molar-refractivity contribution in [2.75, 3.05) is 18.5 Å². The van der Waals surface area contributed by atoms with Gasteiger partial charge in [-0.2, -0.15) is 0 Å². The molecule has 0 aliphatic carbocycles.